The molecule has 142 valence electrons. The Kier molecular flexibility index (Phi) is 6.82. The van der Waals surface area contributed by atoms with Crippen molar-refractivity contribution in [1.82, 2.24) is 5.43 Å². The second-order valence-corrected chi connectivity index (χ2v) is 6.54. The van der Waals surface area contributed by atoms with E-state index in [9.17, 15) is 4.79 Å². The molecule has 1 amide bonds. The highest BCUT2D eigenvalue weighted by Gasteiger charge is 2.22. The third kappa shape index (κ3) is 4.99. The van der Waals surface area contributed by atoms with Crippen molar-refractivity contribution in [1.29, 1.82) is 0 Å². The maximum Gasteiger partial charge on any atom is 0.252 e. The number of benzene rings is 3. The van der Waals surface area contributed by atoms with Gasteiger partial charge < -0.3 is 4.74 Å². The van der Waals surface area contributed by atoms with Crippen LogP contribution < -0.4 is 10.2 Å². The summed E-state index contributed by atoms with van der Waals surface area (Å²) >= 11 is 6.06. The molecule has 0 saturated heterocycles. The summed E-state index contributed by atoms with van der Waals surface area (Å²) in [6.45, 7) is 2.43. The Morgan fingerprint density at radius 3 is 2.21 bits per heavy atom. The van der Waals surface area contributed by atoms with Crippen LogP contribution in [-0.2, 0) is 4.79 Å². The predicted octanol–water partition coefficient (Wildman–Crippen LogP) is 5.02. The van der Waals surface area contributed by atoms with E-state index in [1.54, 1.807) is 24.4 Å². The Bertz CT molecular complexity index is 904. The van der Waals surface area contributed by atoms with E-state index in [0.717, 1.165) is 11.1 Å². The van der Waals surface area contributed by atoms with Gasteiger partial charge in [-0.3, -0.25) is 4.79 Å². The number of hydrazone groups is 1. The molecular weight excluding hydrogens is 372 g/mol. The van der Waals surface area contributed by atoms with E-state index in [0.29, 0.717) is 22.9 Å². The molecule has 5 heteroatoms. The van der Waals surface area contributed by atoms with Gasteiger partial charge in [-0.05, 0) is 36.2 Å². The molecule has 0 bridgehead atoms. The summed E-state index contributed by atoms with van der Waals surface area (Å²) in [4.78, 5) is 12.9. The quantitative estimate of drug-likeness (QED) is 0.453. The highest BCUT2D eigenvalue weighted by molar-refractivity contribution is 6.30. The molecule has 0 atom stereocenters. The number of amides is 1. The van der Waals surface area contributed by atoms with Crippen molar-refractivity contribution in [3.8, 4) is 5.75 Å². The molecule has 4 nitrogen and oxygen atoms in total. The monoisotopic (exact) mass is 392 g/mol. The van der Waals surface area contributed by atoms with Crippen molar-refractivity contribution in [3.63, 3.8) is 0 Å². The first kappa shape index (κ1) is 19.6. The van der Waals surface area contributed by atoms with Gasteiger partial charge in [0.2, 0.25) is 0 Å². The van der Waals surface area contributed by atoms with Crippen LogP contribution in [0.25, 0.3) is 0 Å². The first-order valence-corrected chi connectivity index (χ1v) is 9.42. The van der Waals surface area contributed by atoms with E-state index >= 15 is 0 Å². The Balaban J connectivity index is 1.82. The summed E-state index contributed by atoms with van der Waals surface area (Å²) in [5, 5.41) is 4.71. The zero-order chi connectivity index (χ0) is 19.8. The second kappa shape index (κ2) is 9.72. The lowest BCUT2D eigenvalue weighted by atomic mass is 9.91. The molecule has 28 heavy (non-hydrogen) atoms. The fourth-order valence-electron chi connectivity index (χ4n) is 2.92. The second-order valence-electron chi connectivity index (χ2n) is 6.10. The molecule has 0 spiro atoms. The number of nitrogens with zero attached hydrogens (tertiary/aromatic N) is 1. The van der Waals surface area contributed by atoms with Crippen molar-refractivity contribution >= 4 is 23.7 Å². The summed E-state index contributed by atoms with van der Waals surface area (Å²) in [7, 11) is 0. The highest BCUT2D eigenvalue weighted by atomic mass is 35.5. The van der Waals surface area contributed by atoms with E-state index in [4.69, 9.17) is 16.3 Å². The smallest absolute Gasteiger partial charge is 0.252 e. The molecule has 0 aliphatic rings. The van der Waals surface area contributed by atoms with Crippen LogP contribution in [0.1, 0.15) is 29.5 Å². The average molecular weight is 393 g/mol. The molecule has 0 unspecified atom stereocenters. The number of nitrogens with one attached hydrogen (secondary N) is 1. The number of hydrogen-bond acceptors (Lipinski definition) is 3. The van der Waals surface area contributed by atoms with E-state index < -0.39 is 5.92 Å². The number of rotatable bonds is 7. The number of ether oxygens (including phenoxy) is 1. The molecule has 1 N–H and O–H groups in total. The lowest BCUT2D eigenvalue weighted by Crippen LogP contribution is -2.26. The number of carbonyl (C=O) groups excluding carboxylic acids is 1. The molecule has 3 aromatic carbocycles. The molecule has 3 aromatic rings. The van der Waals surface area contributed by atoms with Crippen LogP contribution >= 0.6 is 11.6 Å². The Hall–Kier alpha value is -3.11. The van der Waals surface area contributed by atoms with Crippen LogP contribution in [0.4, 0.5) is 0 Å². The van der Waals surface area contributed by atoms with Crippen LogP contribution in [0.5, 0.6) is 5.75 Å². The third-order valence-electron chi connectivity index (χ3n) is 4.18. The molecule has 0 saturated carbocycles. The third-order valence-corrected chi connectivity index (χ3v) is 4.41. The van der Waals surface area contributed by atoms with Gasteiger partial charge in [-0.25, -0.2) is 5.43 Å². The molecule has 0 heterocycles. The molecular formula is C23H21ClN2O2. The van der Waals surface area contributed by atoms with Gasteiger partial charge in [-0.1, -0.05) is 72.3 Å². The van der Waals surface area contributed by atoms with Gasteiger partial charge in [-0.2, -0.15) is 5.10 Å². The van der Waals surface area contributed by atoms with Crippen molar-refractivity contribution in [2.24, 2.45) is 5.10 Å². The van der Waals surface area contributed by atoms with Gasteiger partial charge in [-0.15, -0.1) is 0 Å². The first-order chi connectivity index (χ1) is 13.7. The highest BCUT2D eigenvalue weighted by Crippen LogP contribution is 2.25. The molecule has 0 aliphatic heterocycles. The fraction of sp³-hybridized carbons (Fsp3) is 0.130. The first-order valence-electron chi connectivity index (χ1n) is 9.04. The van der Waals surface area contributed by atoms with Crippen molar-refractivity contribution in [2.75, 3.05) is 6.61 Å². The summed E-state index contributed by atoms with van der Waals surface area (Å²) in [5.41, 5.74) is 5.15. The molecule has 0 aliphatic carbocycles. The summed E-state index contributed by atoms with van der Waals surface area (Å²) in [6, 6.07) is 24.6. The van der Waals surface area contributed by atoms with Crippen LogP contribution in [0.3, 0.4) is 0 Å². The minimum Gasteiger partial charge on any atom is -0.493 e. The Morgan fingerprint density at radius 2 is 1.64 bits per heavy atom. The summed E-state index contributed by atoms with van der Waals surface area (Å²) < 4.78 is 5.57. The fourth-order valence-corrected chi connectivity index (χ4v) is 3.10. The minimum absolute atomic E-state index is 0.214. The van der Waals surface area contributed by atoms with Gasteiger partial charge in [0.25, 0.3) is 5.91 Å². The Morgan fingerprint density at radius 1 is 1.04 bits per heavy atom. The van der Waals surface area contributed by atoms with Crippen molar-refractivity contribution in [2.45, 2.75) is 12.8 Å². The molecule has 0 fully saturated rings. The lowest BCUT2D eigenvalue weighted by molar-refractivity contribution is -0.121. The Labute approximate surface area is 169 Å². The zero-order valence-electron chi connectivity index (χ0n) is 15.5. The van der Waals surface area contributed by atoms with Gasteiger partial charge in [0, 0.05) is 10.6 Å². The largest absolute Gasteiger partial charge is 0.493 e. The van der Waals surface area contributed by atoms with Gasteiger partial charge in [0.1, 0.15) is 5.75 Å². The summed E-state index contributed by atoms with van der Waals surface area (Å²) in [6.07, 6.45) is 1.54. The molecule has 0 radical (unpaired) electrons. The average Bonchev–Trinajstić information content (AvgIpc) is 2.72. The number of carbonyl (C=O) groups is 1. The number of halogens is 1. The topological polar surface area (TPSA) is 50.7 Å². The van der Waals surface area contributed by atoms with Gasteiger partial charge in [0.15, 0.2) is 0 Å². The zero-order valence-corrected chi connectivity index (χ0v) is 16.3. The SMILES string of the molecule is CCOc1ccc(Cl)cc1/C=N\NC(=O)C(c1ccccc1)c1ccccc1. The maximum absolute atomic E-state index is 12.9. The van der Waals surface area contributed by atoms with E-state index in [1.165, 1.54) is 0 Å². The standard InChI is InChI=1S/C23H21ClN2O2/c1-2-28-21-14-13-20(24)15-19(21)16-25-26-23(27)22(17-9-5-3-6-10-17)18-11-7-4-8-12-18/h3-16,22H,2H2,1H3,(H,26,27)/b25-16-. The maximum atomic E-state index is 12.9. The molecule has 0 aromatic heterocycles. The van der Waals surface area contributed by atoms with E-state index in [-0.39, 0.29) is 5.91 Å². The molecule has 3 rings (SSSR count). The minimum atomic E-state index is -0.453. The number of hydrogen-bond donors (Lipinski definition) is 1. The van der Waals surface area contributed by atoms with Crippen LogP contribution in [0.15, 0.2) is 84.0 Å². The van der Waals surface area contributed by atoms with Crippen LogP contribution in [0.2, 0.25) is 5.02 Å². The normalized spacial score (nSPS) is 11.0. The van der Waals surface area contributed by atoms with Crippen LogP contribution in [-0.4, -0.2) is 18.7 Å². The van der Waals surface area contributed by atoms with E-state index in [2.05, 4.69) is 10.5 Å². The van der Waals surface area contributed by atoms with Gasteiger partial charge in [0.05, 0.1) is 18.7 Å². The lowest BCUT2D eigenvalue weighted by Gasteiger charge is -2.16. The summed E-state index contributed by atoms with van der Waals surface area (Å²) in [5.74, 6) is -0.00789. The van der Waals surface area contributed by atoms with Crippen molar-refractivity contribution in [3.05, 3.63) is 101 Å². The predicted molar refractivity (Wildman–Crippen MR) is 113 cm³/mol. The van der Waals surface area contributed by atoms with Gasteiger partial charge >= 0.3 is 0 Å². The van der Waals surface area contributed by atoms with Crippen molar-refractivity contribution < 1.29 is 9.53 Å². The van der Waals surface area contributed by atoms with E-state index in [1.807, 2.05) is 67.6 Å². The van der Waals surface area contributed by atoms with Crippen LogP contribution in [0, 0.1) is 0 Å².